The van der Waals surface area contributed by atoms with Crippen LogP contribution in [0.1, 0.15) is 31.4 Å². The molecule has 0 fully saturated rings. The first-order valence-electron chi connectivity index (χ1n) is 6.43. The highest BCUT2D eigenvalue weighted by molar-refractivity contribution is 5.86. The Balaban J connectivity index is 2.41. The van der Waals surface area contributed by atoms with Gasteiger partial charge in [-0.1, -0.05) is 36.8 Å². The Morgan fingerprint density at radius 3 is 2.42 bits per heavy atom. The van der Waals surface area contributed by atoms with Gasteiger partial charge < -0.3 is 9.53 Å². The first-order valence-corrected chi connectivity index (χ1v) is 6.43. The Labute approximate surface area is 113 Å². The molecule has 0 unspecified atom stereocenters. The van der Waals surface area contributed by atoms with Crippen LogP contribution in [0.2, 0.25) is 0 Å². The molecule has 2 rings (SSSR count). The molecule has 1 aromatic carbocycles. The second-order valence-corrected chi connectivity index (χ2v) is 5.22. The molecule has 3 heteroatoms. The predicted molar refractivity (Wildman–Crippen MR) is 72.6 cm³/mol. The second kappa shape index (κ2) is 5.00. The Morgan fingerprint density at radius 1 is 1.32 bits per heavy atom. The summed E-state index contributed by atoms with van der Waals surface area (Å²) in [4.78, 5) is 22.9. The van der Waals surface area contributed by atoms with Crippen molar-refractivity contribution in [1.29, 1.82) is 0 Å². The number of carbonyl (C=O) groups excluding carboxylic acids is 2. The maximum Gasteiger partial charge on any atom is 0.331 e. The number of Topliss-reactive ketones (excluding diaryl/α,β-unsaturated/α-hetero) is 1. The van der Waals surface area contributed by atoms with Gasteiger partial charge in [0.1, 0.15) is 5.78 Å². The predicted octanol–water partition coefficient (Wildman–Crippen LogP) is 2.92. The highest BCUT2D eigenvalue weighted by Gasteiger charge is 2.43. The molecular weight excluding hydrogens is 240 g/mol. The molecule has 100 valence electrons. The first kappa shape index (κ1) is 13.5. The van der Waals surface area contributed by atoms with Crippen LogP contribution in [0.25, 0.3) is 0 Å². The van der Waals surface area contributed by atoms with Crippen molar-refractivity contribution in [2.24, 2.45) is 5.92 Å². The van der Waals surface area contributed by atoms with Crippen molar-refractivity contribution in [3.05, 3.63) is 47.5 Å². The fourth-order valence-corrected chi connectivity index (χ4v) is 2.53. The van der Waals surface area contributed by atoms with E-state index in [4.69, 9.17) is 4.74 Å². The minimum absolute atomic E-state index is 0.0876. The SMILES string of the molecule is CC(=O)C[C@@H](C)[C@]1(c2ccc(C)cc2)C=CC(=O)O1. The summed E-state index contributed by atoms with van der Waals surface area (Å²) in [5.74, 6) is -0.346. The summed E-state index contributed by atoms with van der Waals surface area (Å²) < 4.78 is 5.54. The number of hydrogen-bond donors (Lipinski definition) is 0. The molecule has 0 aliphatic carbocycles. The zero-order valence-corrected chi connectivity index (χ0v) is 11.5. The standard InChI is InChI=1S/C16H18O3/c1-11-4-6-14(7-5-11)16(9-8-15(18)19-16)12(2)10-13(3)17/h4-9,12H,10H2,1-3H3/t12-,16+/m1/s1. The van der Waals surface area contributed by atoms with Gasteiger partial charge in [-0.2, -0.15) is 0 Å². The molecule has 0 saturated heterocycles. The lowest BCUT2D eigenvalue weighted by Crippen LogP contribution is -2.34. The zero-order valence-electron chi connectivity index (χ0n) is 11.5. The van der Waals surface area contributed by atoms with Crippen molar-refractivity contribution in [2.75, 3.05) is 0 Å². The Bertz CT molecular complexity index is 527. The van der Waals surface area contributed by atoms with Crippen LogP contribution in [0.5, 0.6) is 0 Å². The van der Waals surface area contributed by atoms with E-state index in [-0.39, 0.29) is 17.7 Å². The number of ketones is 1. The van der Waals surface area contributed by atoms with Crippen LogP contribution in [0.4, 0.5) is 0 Å². The average Bonchev–Trinajstić information content (AvgIpc) is 2.73. The molecule has 1 aromatic rings. The number of benzene rings is 1. The minimum Gasteiger partial charge on any atom is -0.446 e. The largest absolute Gasteiger partial charge is 0.446 e. The van der Waals surface area contributed by atoms with Gasteiger partial charge in [0.25, 0.3) is 0 Å². The quantitative estimate of drug-likeness (QED) is 0.780. The van der Waals surface area contributed by atoms with E-state index in [0.717, 1.165) is 11.1 Å². The van der Waals surface area contributed by atoms with Gasteiger partial charge in [-0.3, -0.25) is 0 Å². The van der Waals surface area contributed by atoms with E-state index >= 15 is 0 Å². The van der Waals surface area contributed by atoms with Crippen LogP contribution in [-0.2, 0) is 19.9 Å². The fourth-order valence-electron chi connectivity index (χ4n) is 2.53. The lowest BCUT2D eigenvalue weighted by molar-refractivity contribution is -0.151. The van der Waals surface area contributed by atoms with Crippen LogP contribution < -0.4 is 0 Å². The number of carbonyl (C=O) groups is 2. The number of cyclic esters (lactones) is 1. The number of esters is 1. The summed E-state index contributed by atoms with van der Waals surface area (Å²) in [6.45, 7) is 5.50. The lowest BCUT2D eigenvalue weighted by atomic mass is 9.80. The first-order chi connectivity index (χ1) is 8.94. The third kappa shape index (κ3) is 2.60. The molecule has 3 nitrogen and oxygen atoms in total. The maximum atomic E-state index is 11.5. The average molecular weight is 258 g/mol. The summed E-state index contributed by atoms with van der Waals surface area (Å²) >= 11 is 0. The van der Waals surface area contributed by atoms with E-state index < -0.39 is 5.60 Å². The molecule has 0 bridgehead atoms. The van der Waals surface area contributed by atoms with Crippen LogP contribution in [0, 0.1) is 12.8 Å². The summed E-state index contributed by atoms with van der Waals surface area (Å²) in [6.07, 6.45) is 3.59. The van der Waals surface area contributed by atoms with Crippen LogP contribution in [0.3, 0.4) is 0 Å². The molecule has 1 aliphatic heterocycles. The molecule has 19 heavy (non-hydrogen) atoms. The molecule has 0 saturated carbocycles. The van der Waals surface area contributed by atoms with Crippen molar-refractivity contribution in [1.82, 2.24) is 0 Å². The van der Waals surface area contributed by atoms with E-state index in [0.29, 0.717) is 6.42 Å². The minimum atomic E-state index is -0.809. The van der Waals surface area contributed by atoms with Gasteiger partial charge >= 0.3 is 5.97 Å². The normalized spacial score (nSPS) is 23.2. The highest BCUT2D eigenvalue weighted by Crippen LogP contribution is 2.40. The smallest absolute Gasteiger partial charge is 0.331 e. The van der Waals surface area contributed by atoms with E-state index in [9.17, 15) is 9.59 Å². The number of hydrogen-bond acceptors (Lipinski definition) is 3. The van der Waals surface area contributed by atoms with E-state index in [1.807, 2.05) is 38.1 Å². The van der Waals surface area contributed by atoms with Crippen LogP contribution in [-0.4, -0.2) is 11.8 Å². The zero-order chi connectivity index (χ0) is 14.0. The van der Waals surface area contributed by atoms with Gasteiger partial charge in [0, 0.05) is 18.4 Å². The van der Waals surface area contributed by atoms with Crippen molar-refractivity contribution in [3.63, 3.8) is 0 Å². The molecule has 0 spiro atoms. The van der Waals surface area contributed by atoms with E-state index in [1.165, 1.54) is 6.08 Å². The monoisotopic (exact) mass is 258 g/mol. The van der Waals surface area contributed by atoms with Gasteiger partial charge in [0.2, 0.25) is 0 Å². The molecule has 0 aromatic heterocycles. The third-order valence-corrected chi connectivity index (χ3v) is 3.56. The summed E-state index contributed by atoms with van der Waals surface area (Å²) in [5, 5.41) is 0. The van der Waals surface area contributed by atoms with Crippen molar-refractivity contribution in [3.8, 4) is 0 Å². The Morgan fingerprint density at radius 2 is 1.95 bits per heavy atom. The van der Waals surface area contributed by atoms with Crippen molar-refractivity contribution < 1.29 is 14.3 Å². The van der Waals surface area contributed by atoms with Gasteiger partial charge in [-0.15, -0.1) is 0 Å². The maximum absolute atomic E-state index is 11.5. The molecule has 0 radical (unpaired) electrons. The Hall–Kier alpha value is -1.90. The molecular formula is C16H18O3. The van der Waals surface area contributed by atoms with Crippen LogP contribution >= 0.6 is 0 Å². The highest BCUT2D eigenvalue weighted by atomic mass is 16.6. The van der Waals surface area contributed by atoms with Gasteiger partial charge in [-0.05, 0) is 25.5 Å². The second-order valence-electron chi connectivity index (χ2n) is 5.22. The van der Waals surface area contributed by atoms with Crippen molar-refractivity contribution >= 4 is 11.8 Å². The van der Waals surface area contributed by atoms with Gasteiger partial charge in [-0.25, -0.2) is 4.79 Å². The molecule has 1 heterocycles. The third-order valence-electron chi connectivity index (χ3n) is 3.56. The van der Waals surface area contributed by atoms with Gasteiger partial charge in [0.05, 0.1) is 0 Å². The molecule has 2 atom stereocenters. The number of aryl methyl sites for hydroxylation is 1. The topological polar surface area (TPSA) is 43.4 Å². The summed E-state index contributed by atoms with van der Waals surface area (Å²) in [7, 11) is 0. The summed E-state index contributed by atoms with van der Waals surface area (Å²) in [6, 6.07) is 7.87. The lowest BCUT2D eigenvalue weighted by Gasteiger charge is -2.33. The fraction of sp³-hybridized carbons (Fsp3) is 0.375. The van der Waals surface area contributed by atoms with Gasteiger partial charge in [0.15, 0.2) is 5.60 Å². The number of ether oxygens (including phenoxy) is 1. The van der Waals surface area contributed by atoms with Crippen LogP contribution in [0.15, 0.2) is 36.4 Å². The molecule has 0 N–H and O–H groups in total. The number of rotatable bonds is 4. The summed E-state index contributed by atoms with van der Waals surface area (Å²) in [5.41, 5.74) is 1.25. The van der Waals surface area contributed by atoms with E-state index in [1.54, 1.807) is 13.0 Å². The van der Waals surface area contributed by atoms with Crippen molar-refractivity contribution in [2.45, 2.75) is 32.8 Å². The van der Waals surface area contributed by atoms with E-state index in [2.05, 4.69) is 0 Å². The Kier molecular flexibility index (Phi) is 3.56. The molecule has 0 amide bonds. The molecule has 1 aliphatic rings.